The van der Waals surface area contributed by atoms with Gasteiger partial charge in [-0.25, -0.2) is 0 Å². The van der Waals surface area contributed by atoms with Gasteiger partial charge in [0.2, 0.25) is 11.8 Å². The fraction of sp³-hybridized carbons (Fsp3) is 0.529. The van der Waals surface area contributed by atoms with Gasteiger partial charge in [0, 0.05) is 12.2 Å². The molecule has 0 bridgehead atoms. The number of benzene rings is 1. The van der Waals surface area contributed by atoms with Gasteiger partial charge in [0.1, 0.15) is 6.42 Å². The highest BCUT2D eigenvalue weighted by atomic mass is 16.2. The Bertz CT molecular complexity index is 484. The molecule has 0 fully saturated rings. The number of hydrogen-bond acceptors (Lipinski definition) is 2. The molecule has 1 aromatic carbocycles. The Labute approximate surface area is 127 Å². The number of rotatable bonds is 8. The largest absolute Gasteiger partial charge is 0.356 e. The third-order valence-electron chi connectivity index (χ3n) is 3.43. The summed E-state index contributed by atoms with van der Waals surface area (Å²) in [6, 6.07) is 5.93. The Hall–Kier alpha value is -1.84. The molecule has 1 aromatic rings. The van der Waals surface area contributed by atoms with Crippen molar-refractivity contribution in [3.63, 3.8) is 0 Å². The molecule has 0 heterocycles. The first-order chi connectivity index (χ1) is 10.1. The number of anilines is 1. The number of aryl methyl sites for hydroxylation is 2. The maximum Gasteiger partial charge on any atom is 0.233 e. The average molecular weight is 290 g/mol. The molecule has 1 rings (SSSR count). The first-order valence-corrected chi connectivity index (χ1v) is 7.73. The molecule has 0 aliphatic heterocycles. The molecule has 21 heavy (non-hydrogen) atoms. The average Bonchev–Trinajstić information content (AvgIpc) is 2.45. The van der Waals surface area contributed by atoms with E-state index >= 15 is 0 Å². The maximum absolute atomic E-state index is 12.0. The number of carbonyl (C=O) groups is 2. The number of hydrogen-bond donors (Lipinski definition) is 2. The predicted octanol–water partition coefficient (Wildman–Crippen LogP) is 3.19. The first kappa shape index (κ1) is 17.2. The zero-order chi connectivity index (χ0) is 15.7. The quantitative estimate of drug-likeness (QED) is 0.570. The van der Waals surface area contributed by atoms with Gasteiger partial charge in [0.25, 0.3) is 0 Å². The van der Waals surface area contributed by atoms with Gasteiger partial charge in [-0.3, -0.25) is 9.59 Å². The van der Waals surface area contributed by atoms with Crippen molar-refractivity contribution in [1.29, 1.82) is 0 Å². The molecule has 0 aromatic heterocycles. The van der Waals surface area contributed by atoms with Crippen LogP contribution in [0.15, 0.2) is 18.2 Å². The number of para-hydroxylation sites is 1. The molecule has 0 saturated heterocycles. The smallest absolute Gasteiger partial charge is 0.233 e. The van der Waals surface area contributed by atoms with E-state index in [0.717, 1.165) is 42.5 Å². The van der Waals surface area contributed by atoms with Crippen LogP contribution in [0.5, 0.6) is 0 Å². The van der Waals surface area contributed by atoms with Crippen LogP contribution < -0.4 is 10.6 Å². The fourth-order valence-corrected chi connectivity index (χ4v) is 2.20. The summed E-state index contributed by atoms with van der Waals surface area (Å²) in [4.78, 5) is 23.6. The summed E-state index contributed by atoms with van der Waals surface area (Å²) < 4.78 is 0. The summed E-state index contributed by atoms with van der Waals surface area (Å²) in [5.74, 6) is -0.470. The Morgan fingerprint density at radius 1 is 1.10 bits per heavy atom. The molecule has 0 unspecified atom stereocenters. The normalized spacial score (nSPS) is 10.2. The van der Waals surface area contributed by atoms with E-state index in [4.69, 9.17) is 0 Å². The third kappa shape index (κ3) is 5.98. The van der Waals surface area contributed by atoms with E-state index in [9.17, 15) is 9.59 Å². The van der Waals surface area contributed by atoms with Gasteiger partial charge in [0.05, 0.1) is 0 Å². The van der Waals surface area contributed by atoms with Crippen molar-refractivity contribution in [3.8, 4) is 0 Å². The molecule has 0 radical (unpaired) electrons. The Balaban J connectivity index is 2.49. The molecule has 2 amide bonds. The van der Waals surface area contributed by atoms with E-state index in [2.05, 4.69) is 17.6 Å². The van der Waals surface area contributed by atoms with Crippen LogP contribution in [-0.4, -0.2) is 18.4 Å². The van der Waals surface area contributed by atoms with E-state index < -0.39 is 0 Å². The summed E-state index contributed by atoms with van der Waals surface area (Å²) in [5, 5.41) is 5.64. The highest BCUT2D eigenvalue weighted by Gasteiger charge is 2.12. The summed E-state index contributed by atoms with van der Waals surface area (Å²) in [7, 11) is 0. The molecule has 4 nitrogen and oxygen atoms in total. The second kappa shape index (κ2) is 9.16. The van der Waals surface area contributed by atoms with E-state index in [0.29, 0.717) is 6.54 Å². The van der Waals surface area contributed by atoms with Crippen molar-refractivity contribution in [2.75, 3.05) is 11.9 Å². The lowest BCUT2D eigenvalue weighted by molar-refractivity contribution is -0.126. The summed E-state index contributed by atoms with van der Waals surface area (Å²) >= 11 is 0. The molecule has 0 aliphatic carbocycles. The zero-order valence-electron chi connectivity index (χ0n) is 13.3. The van der Waals surface area contributed by atoms with Crippen molar-refractivity contribution in [3.05, 3.63) is 29.3 Å². The van der Waals surface area contributed by atoms with Crippen LogP contribution in [-0.2, 0) is 16.0 Å². The van der Waals surface area contributed by atoms with Gasteiger partial charge < -0.3 is 10.6 Å². The lowest BCUT2D eigenvalue weighted by atomic mass is 10.1. The van der Waals surface area contributed by atoms with Crippen molar-refractivity contribution in [1.82, 2.24) is 5.32 Å². The second-order valence-electron chi connectivity index (χ2n) is 5.24. The molecule has 4 heteroatoms. The van der Waals surface area contributed by atoms with Gasteiger partial charge >= 0.3 is 0 Å². The van der Waals surface area contributed by atoms with E-state index in [1.807, 2.05) is 32.0 Å². The predicted molar refractivity (Wildman–Crippen MR) is 86.3 cm³/mol. The Morgan fingerprint density at radius 3 is 2.52 bits per heavy atom. The minimum Gasteiger partial charge on any atom is -0.356 e. The van der Waals surface area contributed by atoms with Crippen molar-refractivity contribution in [2.24, 2.45) is 0 Å². The van der Waals surface area contributed by atoms with Crippen LogP contribution >= 0.6 is 0 Å². The van der Waals surface area contributed by atoms with E-state index in [-0.39, 0.29) is 18.2 Å². The van der Waals surface area contributed by atoms with Gasteiger partial charge in [-0.1, -0.05) is 44.9 Å². The first-order valence-electron chi connectivity index (χ1n) is 7.73. The molecular formula is C17H26N2O2. The number of carbonyl (C=O) groups excluding carboxylic acids is 2. The second-order valence-corrected chi connectivity index (χ2v) is 5.24. The van der Waals surface area contributed by atoms with Crippen LogP contribution in [0.1, 0.15) is 50.7 Å². The highest BCUT2D eigenvalue weighted by molar-refractivity contribution is 6.04. The van der Waals surface area contributed by atoms with Crippen molar-refractivity contribution in [2.45, 2.75) is 52.9 Å². The van der Waals surface area contributed by atoms with Crippen molar-refractivity contribution < 1.29 is 9.59 Å². The van der Waals surface area contributed by atoms with Crippen LogP contribution in [0.2, 0.25) is 0 Å². The van der Waals surface area contributed by atoms with E-state index in [1.165, 1.54) is 0 Å². The molecule has 116 valence electrons. The van der Waals surface area contributed by atoms with Crippen LogP contribution in [0.25, 0.3) is 0 Å². The van der Waals surface area contributed by atoms with Crippen molar-refractivity contribution >= 4 is 17.5 Å². The summed E-state index contributed by atoms with van der Waals surface area (Å²) in [6.07, 6.45) is 3.89. The molecule has 0 aliphatic rings. The minimum atomic E-state index is -0.257. The minimum absolute atomic E-state index is 0.121. The van der Waals surface area contributed by atoms with Crippen LogP contribution in [0.3, 0.4) is 0 Å². The topological polar surface area (TPSA) is 58.2 Å². The maximum atomic E-state index is 12.0. The van der Waals surface area contributed by atoms with Gasteiger partial charge in [-0.15, -0.1) is 0 Å². The van der Waals surface area contributed by atoms with Gasteiger partial charge in [0.15, 0.2) is 0 Å². The highest BCUT2D eigenvalue weighted by Crippen LogP contribution is 2.21. The van der Waals surface area contributed by atoms with E-state index in [1.54, 1.807) is 0 Å². The molecular weight excluding hydrogens is 264 g/mol. The monoisotopic (exact) mass is 290 g/mol. The van der Waals surface area contributed by atoms with Gasteiger partial charge in [-0.05, 0) is 30.9 Å². The lowest BCUT2D eigenvalue weighted by Gasteiger charge is -2.13. The number of amides is 2. The summed E-state index contributed by atoms with van der Waals surface area (Å²) in [5.41, 5.74) is 2.95. The third-order valence-corrected chi connectivity index (χ3v) is 3.43. The standard InChI is InChI=1S/C17H26N2O2/c1-4-6-7-11-18-15(20)12-16(21)19-17-13(3)9-8-10-14(17)5-2/h8-10H,4-7,11-12H2,1-3H3,(H,18,20)(H,19,21). The van der Waals surface area contributed by atoms with Crippen LogP contribution in [0.4, 0.5) is 5.69 Å². The van der Waals surface area contributed by atoms with Gasteiger partial charge in [-0.2, -0.15) is 0 Å². The number of nitrogens with one attached hydrogen (secondary N) is 2. The fourth-order valence-electron chi connectivity index (χ4n) is 2.20. The Kier molecular flexibility index (Phi) is 7.51. The molecule has 0 spiro atoms. The summed E-state index contributed by atoms with van der Waals surface area (Å²) in [6.45, 7) is 6.76. The zero-order valence-corrected chi connectivity index (χ0v) is 13.3. The molecule has 0 saturated carbocycles. The Morgan fingerprint density at radius 2 is 1.86 bits per heavy atom. The molecule has 0 atom stereocenters. The van der Waals surface area contributed by atoms with Crippen LogP contribution in [0, 0.1) is 6.92 Å². The number of unbranched alkanes of at least 4 members (excludes halogenated alkanes) is 2. The lowest BCUT2D eigenvalue weighted by Crippen LogP contribution is -2.29. The SMILES string of the molecule is CCCCCNC(=O)CC(=O)Nc1c(C)cccc1CC. The molecule has 2 N–H and O–H groups in total.